The zero-order valence-electron chi connectivity index (χ0n) is 9.17. The summed E-state index contributed by atoms with van der Waals surface area (Å²) in [5, 5.41) is 0. The molecule has 0 amide bonds. The highest BCUT2D eigenvalue weighted by molar-refractivity contribution is 9.10. The van der Waals surface area contributed by atoms with Gasteiger partial charge in [0.15, 0.2) is 0 Å². The quantitative estimate of drug-likeness (QED) is 0.921. The van der Waals surface area contributed by atoms with Crippen molar-refractivity contribution in [1.29, 1.82) is 0 Å². The molecule has 0 radical (unpaired) electrons. The third-order valence-electron chi connectivity index (χ3n) is 2.96. The molecule has 1 atom stereocenters. The van der Waals surface area contributed by atoms with E-state index in [0.29, 0.717) is 10.2 Å². The van der Waals surface area contributed by atoms with Gasteiger partial charge in [-0.05, 0) is 34.3 Å². The Labute approximate surface area is 103 Å². The number of ether oxygens (including phenoxy) is 1. The van der Waals surface area contributed by atoms with Gasteiger partial charge in [0.2, 0.25) is 0 Å². The lowest BCUT2D eigenvalue weighted by Crippen LogP contribution is -2.12. The van der Waals surface area contributed by atoms with Crippen molar-refractivity contribution in [2.45, 2.75) is 25.3 Å². The normalized spacial score (nSPS) is 17.2. The Balaban J connectivity index is 2.25. The van der Waals surface area contributed by atoms with Crippen molar-refractivity contribution in [1.82, 2.24) is 0 Å². The fourth-order valence-electron chi connectivity index (χ4n) is 1.85. The Hall–Kier alpha value is -0.610. The van der Waals surface area contributed by atoms with Crippen LogP contribution < -0.4 is 10.5 Å². The lowest BCUT2D eigenvalue weighted by Gasteiger charge is -2.16. The first kappa shape index (κ1) is 11.9. The van der Waals surface area contributed by atoms with Gasteiger partial charge in [0, 0.05) is 17.7 Å². The summed E-state index contributed by atoms with van der Waals surface area (Å²) in [5.41, 5.74) is 6.99. The summed E-state index contributed by atoms with van der Waals surface area (Å²) in [6.07, 6.45) is 3.48. The van der Waals surface area contributed by atoms with Gasteiger partial charge in [0.1, 0.15) is 11.6 Å². The van der Waals surface area contributed by atoms with Crippen LogP contribution >= 0.6 is 15.9 Å². The number of halogens is 2. The van der Waals surface area contributed by atoms with Crippen LogP contribution in [0.2, 0.25) is 0 Å². The molecule has 1 saturated carbocycles. The maximum Gasteiger partial charge on any atom is 0.141 e. The molecule has 16 heavy (non-hydrogen) atoms. The first-order valence-electron chi connectivity index (χ1n) is 5.40. The molecule has 1 aromatic rings. The zero-order chi connectivity index (χ0) is 11.7. The molecule has 0 heterocycles. The third-order valence-corrected chi connectivity index (χ3v) is 3.56. The minimum Gasteiger partial charge on any atom is -0.496 e. The summed E-state index contributed by atoms with van der Waals surface area (Å²) >= 11 is 3.17. The van der Waals surface area contributed by atoms with E-state index in [4.69, 9.17) is 10.5 Å². The number of rotatable bonds is 4. The predicted octanol–water partition coefficient (Wildman–Crippen LogP) is 3.40. The molecular formula is C12H15BrFNO. The molecular weight excluding hydrogens is 273 g/mol. The first-order chi connectivity index (χ1) is 7.61. The second-order valence-electron chi connectivity index (χ2n) is 4.29. The van der Waals surface area contributed by atoms with Crippen LogP contribution in [0.3, 0.4) is 0 Å². The number of methoxy groups -OCH3 is 1. The van der Waals surface area contributed by atoms with Gasteiger partial charge in [-0.3, -0.25) is 0 Å². The molecule has 0 saturated heterocycles. The Bertz CT molecular complexity index is 393. The van der Waals surface area contributed by atoms with Gasteiger partial charge < -0.3 is 10.5 Å². The van der Waals surface area contributed by atoms with Gasteiger partial charge in [0.05, 0.1) is 11.6 Å². The van der Waals surface area contributed by atoms with E-state index in [1.54, 1.807) is 6.07 Å². The van der Waals surface area contributed by atoms with E-state index in [2.05, 4.69) is 15.9 Å². The summed E-state index contributed by atoms with van der Waals surface area (Å²) in [6.45, 7) is 0. The minimum absolute atomic E-state index is 0.0700. The Kier molecular flexibility index (Phi) is 3.50. The highest BCUT2D eigenvalue weighted by Crippen LogP contribution is 2.39. The zero-order valence-corrected chi connectivity index (χ0v) is 10.8. The molecule has 1 aliphatic rings. The van der Waals surface area contributed by atoms with Gasteiger partial charge in [-0.2, -0.15) is 0 Å². The Morgan fingerprint density at radius 1 is 1.56 bits per heavy atom. The maximum absolute atomic E-state index is 13.3. The molecule has 2 N–H and O–H groups in total. The summed E-state index contributed by atoms with van der Waals surface area (Å²) in [5.74, 6) is 0.955. The average Bonchev–Trinajstić information content (AvgIpc) is 3.05. The van der Waals surface area contributed by atoms with Gasteiger partial charge in [0.25, 0.3) is 0 Å². The average molecular weight is 288 g/mol. The molecule has 0 aromatic heterocycles. The second kappa shape index (κ2) is 4.72. The molecule has 1 aliphatic carbocycles. The van der Waals surface area contributed by atoms with Crippen molar-refractivity contribution in [2.75, 3.05) is 7.11 Å². The van der Waals surface area contributed by atoms with Crippen molar-refractivity contribution in [3.05, 3.63) is 28.0 Å². The van der Waals surface area contributed by atoms with Crippen molar-refractivity contribution in [2.24, 2.45) is 11.7 Å². The third kappa shape index (κ3) is 2.55. The first-order valence-corrected chi connectivity index (χ1v) is 6.19. The summed E-state index contributed by atoms with van der Waals surface area (Å²) in [6, 6.07) is 3.03. The molecule has 1 fully saturated rings. The highest BCUT2D eigenvalue weighted by atomic mass is 79.9. The molecule has 0 aliphatic heterocycles. The van der Waals surface area contributed by atoms with E-state index in [9.17, 15) is 4.39 Å². The Morgan fingerprint density at radius 3 is 2.81 bits per heavy atom. The van der Waals surface area contributed by atoms with Crippen LogP contribution in [0, 0.1) is 11.7 Å². The van der Waals surface area contributed by atoms with Crippen LogP contribution in [0.5, 0.6) is 5.75 Å². The molecule has 0 bridgehead atoms. The fraction of sp³-hybridized carbons (Fsp3) is 0.500. The molecule has 88 valence electrons. The molecule has 2 rings (SSSR count). The largest absolute Gasteiger partial charge is 0.496 e. The summed E-state index contributed by atoms with van der Waals surface area (Å²) in [4.78, 5) is 0. The van der Waals surface area contributed by atoms with Gasteiger partial charge in [-0.15, -0.1) is 0 Å². The molecule has 4 heteroatoms. The Morgan fingerprint density at radius 2 is 2.25 bits per heavy atom. The van der Waals surface area contributed by atoms with Crippen LogP contribution in [0.1, 0.15) is 30.9 Å². The van der Waals surface area contributed by atoms with E-state index in [1.165, 1.54) is 26.0 Å². The lowest BCUT2D eigenvalue weighted by atomic mass is 10.0. The minimum atomic E-state index is -0.320. The van der Waals surface area contributed by atoms with E-state index in [-0.39, 0.29) is 11.9 Å². The molecule has 0 spiro atoms. The topological polar surface area (TPSA) is 35.2 Å². The second-order valence-corrected chi connectivity index (χ2v) is 5.15. The van der Waals surface area contributed by atoms with Crippen LogP contribution in [0.15, 0.2) is 16.6 Å². The van der Waals surface area contributed by atoms with Crippen molar-refractivity contribution in [3.8, 4) is 5.75 Å². The van der Waals surface area contributed by atoms with Crippen molar-refractivity contribution in [3.63, 3.8) is 0 Å². The summed E-state index contributed by atoms with van der Waals surface area (Å²) in [7, 11) is 1.54. The summed E-state index contributed by atoms with van der Waals surface area (Å²) < 4.78 is 18.9. The van der Waals surface area contributed by atoms with Crippen LogP contribution in [-0.2, 0) is 0 Å². The molecule has 2 nitrogen and oxygen atoms in total. The van der Waals surface area contributed by atoms with Crippen LogP contribution in [0.4, 0.5) is 4.39 Å². The van der Waals surface area contributed by atoms with Crippen LogP contribution in [0.25, 0.3) is 0 Å². The van der Waals surface area contributed by atoms with Gasteiger partial charge >= 0.3 is 0 Å². The maximum atomic E-state index is 13.3. The van der Waals surface area contributed by atoms with Crippen LogP contribution in [-0.4, -0.2) is 7.11 Å². The monoisotopic (exact) mass is 287 g/mol. The van der Waals surface area contributed by atoms with Crippen molar-refractivity contribution < 1.29 is 9.13 Å². The lowest BCUT2D eigenvalue weighted by molar-refractivity contribution is 0.399. The van der Waals surface area contributed by atoms with E-state index in [1.807, 2.05) is 0 Å². The highest BCUT2D eigenvalue weighted by Gasteiger charge is 2.26. The molecule has 1 aromatic carbocycles. The fourth-order valence-corrected chi connectivity index (χ4v) is 2.21. The van der Waals surface area contributed by atoms with E-state index >= 15 is 0 Å². The smallest absolute Gasteiger partial charge is 0.141 e. The SMILES string of the molecule is COc1cc(F)c(Br)cc1C(N)CC1CC1. The molecule has 1 unspecified atom stereocenters. The van der Waals surface area contributed by atoms with Gasteiger partial charge in [-0.25, -0.2) is 4.39 Å². The number of hydrogen-bond acceptors (Lipinski definition) is 2. The van der Waals surface area contributed by atoms with Crippen molar-refractivity contribution >= 4 is 15.9 Å². The standard InChI is InChI=1S/C12H15BrFNO/c1-16-12-6-10(14)9(13)5-8(12)11(15)4-7-2-3-7/h5-7,11H,2-4,15H2,1H3. The predicted molar refractivity (Wildman–Crippen MR) is 64.9 cm³/mol. The number of nitrogens with two attached hydrogens (primary N) is 1. The van der Waals surface area contributed by atoms with Gasteiger partial charge in [-0.1, -0.05) is 12.8 Å². The van der Waals surface area contributed by atoms with E-state index < -0.39 is 0 Å². The number of benzene rings is 1. The van der Waals surface area contributed by atoms with E-state index in [0.717, 1.165) is 17.9 Å². The number of hydrogen-bond donors (Lipinski definition) is 1.